The lowest BCUT2D eigenvalue weighted by molar-refractivity contribution is 0.603. The van der Waals surface area contributed by atoms with Crippen molar-refractivity contribution >= 4 is 11.8 Å². The largest absolute Gasteiger partial charge is 0.309 e. The number of hydrogen-bond donors (Lipinski definition) is 1. The molecule has 0 radical (unpaired) electrons. The molecule has 0 spiro atoms. The van der Waals surface area contributed by atoms with Gasteiger partial charge in [-0.2, -0.15) is 0 Å². The van der Waals surface area contributed by atoms with Crippen molar-refractivity contribution in [2.24, 2.45) is 0 Å². The highest BCUT2D eigenvalue weighted by Gasteiger charge is 2.11. The Morgan fingerprint density at radius 2 is 2.00 bits per heavy atom. The molecule has 0 aliphatic rings. The fourth-order valence-corrected chi connectivity index (χ4v) is 3.00. The lowest BCUT2D eigenvalue weighted by Crippen LogP contribution is -2.23. The molecule has 0 amide bonds. The summed E-state index contributed by atoms with van der Waals surface area (Å²) in [6.07, 6.45) is 3.86. The maximum absolute atomic E-state index is 4.29. The molecule has 1 atom stereocenters. The number of nitrogens with one attached hydrogen (secondary N) is 1. The van der Waals surface area contributed by atoms with Crippen molar-refractivity contribution in [2.45, 2.75) is 24.8 Å². The summed E-state index contributed by atoms with van der Waals surface area (Å²) >= 11 is 1.88. The van der Waals surface area contributed by atoms with Crippen LogP contribution in [-0.4, -0.2) is 17.3 Å². The molecule has 0 bridgehead atoms. The lowest BCUT2D eigenvalue weighted by Gasteiger charge is -2.18. The molecule has 2 nitrogen and oxygen atoms in total. The van der Waals surface area contributed by atoms with Crippen molar-refractivity contribution < 1.29 is 0 Å². The normalized spacial score (nSPS) is 12.3. The van der Waals surface area contributed by atoms with Crippen LogP contribution in [0.1, 0.15) is 24.1 Å². The van der Waals surface area contributed by atoms with E-state index in [0.29, 0.717) is 6.04 Å². The monoisotopic (exact) mass is 272 g/mol. The van der Waals surface area contributed by atoms with Crippen molar-refractivity contribution in [3.8, 4) is 0 Å². The molecule has 1 aromatic carbocycles. The van der Waals surface area contributed by atoms with Crippen molar-refractivity contribution in [1.82, 2.24) is 10.3 Å². The number of rotatable bonds is 6. The predicted molar refractivity (Wildman–Crippen MR) is 82.6 cm³/mol. The second-order valence-electron chi connectivity index (χ2n) is 4.53. The fraction of sp³-hybridized carbons (Fsp3) is 0.312. The number of aromatic nitrogens is 1. The third-order valence-electron chi connectivity index (χ3n) is 2.91. The zero-order chi connectivity index (χ0) is 13.5. The summed E-state index contributed by atoms with van der Waals surface area (Å²) in [5.41, 5.74) is 2.48. The second-order valence-corrected chi connectivity index (χ2v) is 5.62. The molecule has 0 saturated carbocycles. The first kappa shape index (κ1) is 14.1. The van der Waals surface area contributed by atoms with Gasteiger partial charge in [0.1, 0.15) is 0 Å². The summed E-state index contributed by atoms with van der Waals surface area (Å²) < 4.78 is 0. The van der Waals surface area contributed by atoms with E-state index in [4.69, 9.17) is 0 Å². The van der Waals surface area contributed by atoms with Crippen LogP contribution in [0.5, 0.6) is 0 Å². The Labute approximate surface area is 119 Å². The van der Waals surface area contributed by atoms with E-state index in [2.05, 4.69) is 60.5 Å². The van der Waals surface area contributed by atoms with Crippen molar-refractivity contribution in [2.75, 3.05) is 12.3 Å². The highest BCUT2D eigenvalue weighted by molar-refractivity contribution is 7.99. The van der Waals surface area contributed by atoms with E-state index in [0.717, 1.165) is 12.3 Å². The van der Waals surface area contributed by atoms with Crippen LogP contribution in [-0.2, 0) is 0 Å². The van der Waals surface area contributed by atoms with Crippen molar-refractivity contribution in [1.29, 1.82) is 0 Å². The number of nitrogens with zero attached hydrogens (tertiary/aromatic N) is 1. The third-order valence-corrected chi connectivity index (χ3v) is 4.01. The molecule has 0 aliphatic heterocycles. The average Bonchev–Trinajstić information content (AvgIpc) is 2.44. The van der Waals surface area contributed by atoms with E-state index in [1.54, 1.807) is 0 Å². The highest BCUT2D eigenvalue weighted by Crippen LogP contribution is 2.24. The van der Waals surface area contributed by atoms with Gasteiger partial charge in [0.25, 0.3) is 0 Å². The minimum Gasteiger partial charge on any atom is -0.309 e. The van der Waals surface area contributed by atoms with E-state index in [1.165, 1.54) is 16.0 Å². The maximum Gasteiger partial charge on any atom is 0.0430 e. The van der Waals surface area contributed by atoms with Crippen molar-refractivity contribution in [3.05, 3.63) is 59.9 Å². The predicted octanol–water partition coefficient (Wildman–Crippen LogP) is 3.83. The minimum atomic E-state index is 0.350. The molecule has 100 valence electrons. The van der Waals surface area contributed by atoms with Gasteiger partial charge in [0.2, 0.25) is 0 Å². The molecule has 0 fully saturated rings. The maximum atomic E-state index is 4.29. The first-order valence-corrected chi connectivity index (χ1v) is 7.61. The summed E-state index contributed by atoms with van der Waals surface area (Å²) in [5, 5.41) is 3.54. The van der Waals surface area contributed by atoms with E-state index in [-0.39, 0.29) is 0 Å². The number of aryl methyl sites for hydroxylation is 1. The summed E-state index contributed by atoms with van der Waals surface area (Å²) in [6.45, 7) is 5.20. The molecule has 1 aromatic heterocycles. The summed E-state index contributed by atoms with van der Waals surface area (Å²) in [5.74, 6) is 1.02. The Morgan fingerprint density at radius 3 is 2.68 bits per heavy atom. The van der Waals surface area contributed by atoms with Gasteiger partial charge in [-0.25, -0.2) is 0 Å². The van der Waals surface area contributed by atoms with Gasteiger partial charge in [0, 0.05) is 29.1 Å². The van der Waals surface area contributed by atoms with Gasteiger partial charge in [-0.1, -0.05) is 31.2 Å². The second kappa shape index (κ2) is 7.31. The van der Waals surface area contributed by atoms with Crippen LogP contribution >= 0.6 is 11.8 Å². The number of thioether (sulfide) groups is 1. The quantitative estimate of drug-likeness (QED) is 0.809. The van der Waals surface area contributed by atoms with Gasteiger partial charge >= 0.3 is 0 Å². The number of hydrogen-bond acceptors (Lipinski definition) is 3. The number of pyridine rings is 1. The van der Waals surface area contributed by atoms with E-state index < -0.39 is 0 Å². The highest BCUT2D eigenvalue weighted by atomic mass is 32.2. The molecule has 1 N–H and O–H groups in total. The summed E-state index contributed by atoms with van der Waals surface area (Å²) in [4.78, 5) is 5.60. The van der Waals surface area contributed by atoms with Crippen LogP contribution in [0.2, 0.25) is 0 Å². The first-order chi connectivity index (χ1) is 9.29. The molecule has 1 heterocycles. The Kier molecular flexibility index (Phi) is 5.43. The SMILES string of the molecule is CCNC(CSc1ccccc1)c1cncc(C)c1. The molecular weight excluding hydrogens is 252 g/mol. The van der Waals surface area contributed by atoms with Crippen LogP contribution in [0.25, 0.3) is 0 Å². The zero-order valence-corrected chi connectivity index (χ0v) is 12.3. The van der Waals surface area contributed by atoms with Gasteiger partial charge in [-0.15, -0.1) is 11.8 Å². The zero-order valence-electron chi connectivity index (χ0n) is 11.5. The van der Waals surface area contributed by atoms with Gasteiger partial charge < -0.3 is 5.32 Å². The van der Waals surface area contributed by atoms with Gasteiger partial charge in [-0.05, 0) is 36.7 Å². The molecule has 19 heavy (non-hydrogen) atoms. The molecule has 1 unspecified atom stereocenters. The fourth-order valence-electron chi connectivity index (χ4n) is 1.98. The van der Waals surface area contributed by atoms with Crippen LogP contribution in [0.4, 0.5) is 0 Å². The molecular formula is C16H20N2S. The van der Waals surface area contributed by atoms with E-state index in [9.17, 15) is 0 Å². The number of benzene rings is 1. The Bertz CT molecular complexity index is 499. The average molecular weight is 272 g/mol. The Morgan fingerprint density at radius 1 is 1.21 bits per heavy atom. The first-order valence-electron chi connectivity index (χ1n) is 6.62. The molecule has 3 heteroatoms. The van der Waals surface area contributed by atoms with Crippen LogP contribution in [0.3, 0.4) is 0 Å². The lowest BCUT2D eigenvalue weighted by atomic mass is 10.1. The van der Waals surface area contributed by atoms with Gasteiger partial charge in [0.15, 0.2) is 0 Å². The smallest absolute Gasteiger partial charge is 0.0430 e. The Balaban J connectivity index is 2.04. The van der Waals surface area contributed by atoms with Gasteiger partial charge in [0.05, 0.1) is 0 Å². The topological polar surface area (TPSA) is 24.9 Å². The van der Waals surface area contributed by atoms with Crippen LogP contribution < -0.4 is 5.32 Å². The molecule has 0 aliphatic carbocycles. The van der Waals surface area contributed by atoms with Crippen molar-refractivity contribution in [3.63, 3.8) is 0 Å². The summed E-state index contributed by atoms with van der Waals surface area (Å²) in [6, 6.07) is 13.1. The minimum absolute atomic E-state index is 0.350. The summed E-state index contributed by atoms with van der Waals surface area (Å²) in [7, 11) is 0. The van der Waals surface area contributed by atoms with Crippen LogP contribution in [0, 0.1) is 6.92 Å². The van der Waals surface area contributed by atoms with Crippen LogP contribution in [0.15, 0.2) is 53.7 Å². The third kappa shape index (κ3) is 4.37. The standard InChI is InChI=1S/C16H20N2S/c1-3-18-16(14-9-13(2)10-17-11-14)12-19-15-7-5-4-6-8-15/h4-11,16,18H,3,12H2,1-2H3. The van der Waals surface area contributed by atoms with Gasteiger partial charge in [-0.3, -0.25) is 4.98 Å². The van der Waals surface area contributed by atoms with E-state index >= 15 is 0 Å². The molecule has 2 rings (SSSR count). The Hall–Kier alpha value is -1.32. The molecule has 2 aromatic rings. The van der Waals surface area contributed by atoms with E-state index in [1.807, 2.05) is 24.2 Å². The molecule has 0 saturated heterocycles.